The standard InChI is InChI=1S/C19H17ClN4O4/c1-28-18-5-3-2-4-13(18)8-9-22-12-14(11-21)19(25)23-15-6-7-16(20)17(10-15)24(26)27/h2-7,10,12,22H,8-9H2,1H3,(H,23,25)/b14-12-. The fraction of sp³-hybridized carbons (Fsp3) is 0.158. The van der Waals surface area contributed by atoms with Gasteiger partial charge >= 0.3 is 0 Å². The molecule has 1 amide bonds. The summed E-state index contributed by atoms with van der Waals surface area (Å²) in [6.07, 6.45) is 1.93. The lowest BCUT2D eigenvalue weighted by molar-refractivity contribution is -0.384. The van der Waals surface area contributed by atoms with E-state index in [1.165, 1.54) is 18.3 Å². The molecule has 0 spiro atoms. The number of nitrogens with one attached hydrogen (secondary N) is 2. The maximum Gasteiger partial charge on any atom is 0.289 e. The van der Waals surface area contributed by atoms with E-state index < -0.39 is 10.8 Å². The van der Waals surface area contributed by atoms with E-state index >= 15 is 0 Å². The molecule has 0 atom stereocenters. The highest BCUT2D eigenvalue weighted by Crippen LogP contribution is 2.27. The Morgan fingerprint density at radius 2 is 2.11 bits per heavy atom. The first-order chi connectivity index (χ1) is 13.5. The number of hydrogen-bond acceptors (Lipinski definition) is 6. The quantitative estimate of drug-likeness (QED) is 0.230. The van der Waals surface area contributed by atoms with Gasteiger partial charge < -0.3 is 15.4 Å². The molecule has 0 radical (unpaired) electrons. The van der Waals surface area contributed by atoms with Gasteiger partial charge in [-0.2, -0.15) is 5.26 Å². The van der Waals surface area contributed by atoms with Crippen LogP contribution in [0.3, 0.4) is 0 Å². The van der Waals surface area contributed by atoms with Crippen molar-refractivity contribution in [2.24, 2.45) is 0 Å². The number of methoxy groups -OCH3 is 1. The highest BCUT2D eigenvalue weighted by Gasteiger charge is 2.15. The smallest absolute Gasteiger partial charge is 0.289 e. The molecular formula is C19H17ClN4O4. The summed E-state index contributed by atoms with van der Waals surface area (Å²) in [7, 11) is 1.59. The van der Waals surface area contributed by atoms with Crippen molar-refractivity contribution in [3.05, 3.63) is 74.9 Å². The number of amides is 1. The molecule has 144 valence electrons. The van der Waals surface area contributed by atoms with E-state index in [2.05, 4.69) is 10.6 Å². The SMILES string of the molecule is COc1ccccc1CCN/C=C(/C#N)C(=O)Nc1ccc(Cl)c([N+](=O)[O-])c1. The van der Waals surface area contributed by atoms with Crippen molar-refractivity contribution in [2.75, 3.05) is 19.0 Å². The first-order valence-electron chi connectivity index (χ1n) is 8.17. The minimum Gasteiger partial charge on any atom is -0.496 e. The Kier molecular flexibility index (Phi) is 7.37. The molecule has 0 aliphatic carbocycles. The van der Waals surface area contributed by atoms with Crippen LogP contribution in [0.2, 0.25) is 5.02 Å². The third-order valence-corrected chi connectivity index (χ3v) is 4.06. The van der Waals surface area contributed by atoms with Crippen LogP contribution < -0.4 is 15.4 Å². The van der Waals surface area contributed by atoms with Crippen molar-refractivity contribution in [2.45, 2.75) is 6.42 Å². The van der Waals surface area contributed by atoms with E-state index in [4.69, 9.17) is 16.3 Å². The number of benzene rings is 2. The van der Waals surface area contributed by atoms with Crippen LogP contribution in [0.15, 0.2) is 54.2 Å². The molecule has 2 rings (SSSR count). The monoisotopic (exact) mass is 400 g/mol. The second-order valence-electron chi connectivity index (χ2n) is 5.56. The second-order valence-corrected chi connectivity index (χ2v) is 5.97. The lowest BCUT2D eigenvalue weighted by atomic mass is 10.1. The second kappa shape index (κ2) is 9.94. The Morgan fingerprint density at radius 1 is 1.36 bits per heavy atom. The highest BCUT2D eigenvalue weighted by molar-refractivity contribution is 6.32. The van der Waals surface area contributed by atoms with Crippen LogP contribution in [0.4, 0.5) is 11.4 Å². The van der Waals surface area contributed by atoms with Gasteiger partial charge in [0.15, 0.2) is 0 Å². The Bertz CT molecular complexity index is 953. The van der Waals surface area contributed by atoms with Gasteiger partial charge in [-0.25, -0.2) is 0 Å². The summed E-state index contributed by atoms with van der Waals surface area (Å²) >= 11 is 5.74. The third-order valence-electron chi connectivity index (χ3n) is 3.74. The molecule has 2 N–H and O–H groups in total. The topological polar surface area (TPSA) is 117 Å². The van der Waals surface area contributed by atoms with Crippen molar-refractivity contribution < 1.29 is 14.5 Å². The minimum absolute atomic E-state index is 0.0444. The Morgan fingerprint density at radius 3 is 2.79 bits per heavy atom. The van der Waals surface area contributed by atoms with E-state index in [9.17, 15) is 20.2 Å². The molecule has 8 nitrogen and oxygen atoms in total. The summed E-state index contributed by atoms with van der Waals surface area (Å²) in [5, 5.41) is 25.4. The largest absolute Gasteiger partial charge is 0.496 e. The number of para-hydroxylation sites is 1. The lowest BCUT2D eigenvalue weighted by Gasteiger charge is -2.08. The predicted molar refractivity (Wildman–Crippen MR) is 105 cm³/mol. The molecule has 0 unspecified atom stereocenters. The van der Waals surface area contributed by atoms with Gasteiger partial charge in [0.1, 0.15) is 22.4 Å². The zero-order valence-electron chi connectivity index (χ0n) is 14.9. The number of hydrogen-bond donors (Lipinski definition) is 2. The van der Waals surface area contributed by atoms with Crippen LogP contribution in [0.25, 0.3) is 0 Å². The van der Waals surface area contributed by atoms with Gasteiger partial charge in [-0.05, 0) is 30.2 Å². The molecule has 0 bridgehead atoms. The van der Waals surface area contributed by atoms with Gasteiger partial charge in [0, 0.05) is 24.5 Å². The summed E-state index contributed by atoms with van der Waals surface area (Å²) in [5.74, 6) is 0.0692. The van der Waals surface area contributed by atoms with E-state index in [-0.39, 0.29) is 22.0 Å². The van der Waals surface area contributed by atoms with Crippen molar-refractivity contribution >= 4 is 28.9 Å². The van der Waals surface area contributed by atoms with Gasteiger partial charge in [0.2, 0.25) is 0 Å². The van der Waals surface area contributed by atoms with Gasteiger partial charge in [-0.1, -0.05) is 29.8 Å². The fourth-order valence-corrected chi connectivity index (χ4v) is 2.55. The summed E-state index contributed by atoms with van der Waals surface area (Å²) in [6.45, 7) is 0.477. The summed E-state index contributed by atoms with van der Waals surface area (Å²) < 4.78 is 5.27. The molecule has 0 aromatic heterocycles. The van der Waals surface area contributed by atoms with Crippen LogP contribution in [-0.4, -0.2) is 24.5 Å². The molecule has 0 saturated heterocycles. The lowest BCUT2D eigenvalue weighted by Crippen LogP contribution is -2.18. The molecule has 0 heterocycles. The predicted octanol–water partition coefficient (Wildman–Crippen LogP) is 3.44. The highest BCUT2D eigenvalue weighted by atomic mass is 35.5. The molecule has 9 heteroatoms. The Balaban J connectivity index is 1.98. The van der Waals surface area contributed by atoms with E-state index in [0.717, 1.165) is 17.4 Å². The molecule has 2 aromatic rings. The number of ether oxygens (including phenoxy) is 1. The number of anilines is 1. The molecule has 28 heavy (non-hydrogen) atoms. The minimum atomic E-state index is -0.691. The maximum atomic E-state index is 12.2. The zero-order valence-corrected chi connectivity index (χ0v) is 15.7. The van der Waals surface area contributed by atoms with Crippen LogP contribution in [0, 0.1) is 21.4 Å². The van der Waals surface area contributed by atoms with Crippen LogP contribution >= 0.6 is 11.6 Å². The molecular weight excluding hydrogens is 384 g/mol. The van der Waals surface area contributed by atoms with Gasteiger partial charge in [-0.15, -0.1) is 0 Å². The third kappa shape index (κ3) is 5.46. The molecule has 0 aliphatic heterocycles. The van der Waals surface area contributed by atoms with Crippen molar-refractivity contribution in [3.8, 4) is 11.8 Å². The Hall–Kier alpha value is -3.57. The van der Waals surface area contributed by atoms with Crippen LogP contribution in [0.1, 0.15) is 5.56 Å². The fourth-order valence-electron chi connectivity index (χ4n) is 2.37. The first-order valence-corrected chi connectivity index (χ1v) is 8.55. The van der Waals surface area contributed by atoms with Crippen molar-refractivity contribution in [1.82, 2.24) is 5.32 Å². The molecule has 0 saturated carbocycles. The average Bonchev–Trinajstić information content (AvgIpc) is 2.69. The summed E-state index contributed by atoms with van der Waals surface area (Å²) in [4.78, 5) is 22.5. The molecule has 0 aliphatic rings. The number of carbonyl (C=O) groups is 1. The maximum absolute atomic E-state index is 12.2. The first kappa shape index (κ1) is 20.7. The number of halogens is 1. The van der Waals surface area contributed by atoms with Gasteiger partial charge in [0.05, 0.1) is 12.0 Å². The Labute approximate surface area is 166 Å². The summed E-state index contributed by atoms with van der Waals surface area (Å²) in [5.41, 5.74) is 0.646. The number of nitro groups is 1. The number of nitriles is 1. The van der Waals surface area contributed by atoms with Crippen molar-refractivity contribution in [1.29, 1.82) is 5.26 Å². The number of rotatable bonds is 8. The van der Waals surface area contributed by atoms with Crippen LogP contribution in [0.5, 0.6) is 5.75 Å². The van der Waals surface area contributed by atoms with Gasteiger partial charge in [-0.3, -0.25) is 14.9 Å². The zero-order chi connectivity index (χ0) is 20.5. The van der Waals surface area contributed by atoms with E-state index in [1.807, 2.05) is 24.3 Å². The van der Waals surface area contributed by atoms with Crippen LogP contribution in [-0.2, 0) is 11.2 Å². The number of nitrogens with zero attached hydrogens (tertiary/aromatic N) is 2. The van der Waals surface area contributed by atoms with Crippen molar-refractivity contribution in [3.63, 3.8) is 0 Å². The normalized spacial score (nSPS) is 10.7. The number of nitro benzene ring substituents is 1. The number of carbonyl (C=O) groups excluding carboxylic acids is 1. The molecule has 2 aromatic carbocycles. The van der Waals surface area contributed by atoms with Gasteiger partial charge in [0.25, 0.3) is 11.6 Å². The average molecular weight is 401 g/mol. The van der Waals surface area contributed by atoms with E-state index in [0.29, 0.717) is 13.0 Å². The summed E-state index contributed by atoms with van der Waals surface area (Å²) in [6, 6.07) is 13.2. The van der Waals surface area contributed by atoms with E-state index in [1.54, 1.807) is 13.2 Å². The molecule has 0 fully saturated rings.